The molecule has 0 amide bonds. The molecule has 0 aromatic rings. The van der Waals surface area contributed by atoms with E-state index in [2.05, 4.69) is 4.90 Å². The summed E-state index contributed by atoms with van der Waals surface area (Å²) in [6.45, 7) is 3.94. The third kappa shape index (κ3) is 3.15. The minimum absolute atomic E-state index is 0.106. The normalized spacial score (nSPS) is 40.4. The highest BCUT2D eigenvalue weighted by Gasteiger charge is 2.38. The largest absolute Gasteiger partial charge is 0.394 e. The van der Waals surface area contributed by atoms with Crippen molar-refractivity contribution in [3.8, 4) is 0 Å². The van der Waals surface area contributed by atoms with E-state index in [4.69, 9.17) is 14.6 Å². The molecule has 3 N–H and O–H groups in total. The monoisotopic (exact) mass is 247 g/mol. The first-order valence-corrected chi connectivity index (χ1v) is 6.11. The van der Waals surface area contributed by atoms with Gasteiger partial charge < -0.3 is 24.8 Å². The number of hydrogen-bond donors (Lipinski definition) is 3. The first-order chi connectivity index (χ1) is 8.22. The molecule has 100 valence electrons. The van der Waals surface area contributed by atoms with Crippen molar-refractivity contribution in [2.45, 2.75) is 18.3 Å². The minimum atomic E-state index is -1.00. The Morgan fingerprint density at radius 1 is 1.12 bits per heavy atom. The van der Waals surface area contributed by atoms with E-state index in [9.17, 15) is 10.2 Å². The summed E-state index contributed by atoms with van der Waals surface area (Å²) in [5.41, 5.74) is 0. The lowest BCUT2D eigenvalue weighted by atomic mass is 9.92. The summed E-state index contributed by atoms with van der Waals surface area (Å²) < 4.78 is 10.6. The van der Waals surface area contributed by atoms with Gasteiger partial charge in [0.2, 0.25) is 0 Å². The molecule has 6 heteroatoms. The number of nitrogens with zero attached hydrogens (tertiary/aromatic N) is 1. The Labute approximate surface area is 101 Å². The smallest absolute Gasteiger partial charge is 0.109 e. The molecule has 17 heavy (non-hydrogen) atoms. The van der Waals surface area contributed by atoms with Crippen molar-refractivity contribution in [2.75, 3.05) is 46.1 Å². The van der Waals surface area contributed by atoms with Gasteiger partial charge in [0.1, 0.15) is 12.2 Å². The van der Waals surface area contributed by atoms with Gasteiger partial charge in [-0.05, 0) is 0 Å². The van der Waals surface area contributed by atoms with Crippen LogP contribution in [-0.4, -0.2) is 84.6 Å². The van der Waals surface area contributed by atoms with Gasteiger partial charge in [0.15, 0.2) is 0 Å². The molecule has 2 heterocycles. The van der Waals surface area contributed by atoms with Crippen LogP contribution in [0.1, 0.15) is 0 Å². The third-order valence-corrected chi connectivity index (χ3v) is 3.51. The molecule has 4 atom stereocenters. The van der Waals surface area contributed by atoms with E-state index in [0.717, 1.165) is 13.1 Å². The van der Waals surface area contributed by atoms with Gasteiger partial charge in [0.25, 0.3) is 0 Å². The average Bonchev–Trinajstić information content (AvgIpc) is 2.37. The topological polar surface area (TPSA) is 82.4 Å². The number of hydrogen-bond acceptors (Lipinski definition) is 6. The van der Waals surface area contributed by atoms with Gasteiger partial charge in [-0.25, -0.2) is 0 Å². The first kappa shape index (κ1) is 13.2. The minimum Gasteiger partial charge on any atom is -0.394 e. The molecule has 2 saturated heterocycles. The Balaban J connectivity index is 1.84. The lowest BCUT2D eigenvalue weighted by molar-refractivity contribution is -0.179. The molecule has 4 unspecified atom stereocenters. The van der Waals surface area contributed by atoms with Crippen LogP contribution < -0.4 is 0 Å². The van der Waals surface area contributed by atoms with Crippen LogP contribution in [0.15, 0.2) is 0 Å². The van der Waals surface area contributed by atoms with Gasteiger partial charge in [0.05, 0.1) is 32.5 Å². The molecule has 0 bridgehead atoms. The van der Waals surface area contributed by atoms with Crippen molar-refractivity contribution in [3.63, 3.8) is 0 Å². The van der Waals surface area contributed by atoms with E-state index in [0.29, 0.717) is 26.4 Å². The zero-order valence-electron chi connectivity index (χ0n) is 9.86. The Bertz CT molecular complexity index is 234. The van der Waals surface area contributed by atoms with E-state index >= 15 is 0 Å². The lowest BCUT2D eigenvalue weighted by Crippen LogP contribution is -2.55. The number of aliphatic hydroxyl groups is 3. The molecular formula is C11H21NO5. The molecular weight excluding hydrogens is 226 g/mol. The molecule has 0 aliphatic carbocycles. The van der Waals surface area contributed by atoms with Crippen molar-refractivity contribution in [2.24, 2.45) is 5.92 Å². The van der Waals surface area contributed by atoms with Crippen LogP contribution in [0.5, 0.6) is 0 Å². The van der Waals surface area contributed by atoms with Gasteiger partial charge in [0, 0.05) is 25.6 Å². The van der Waals surface area contributed by atoms with E-state index in [1.807, 2.05) is 0 Å². The number of rotatable bonds is 3. The average molecular weight is 247 g/mol. The fraction of sp³-hybridized carbons (Fsp3) is 1.00. The number of aliphatic hydroxyl groups excluding tert-OH is 3. The van der Waals surface area contributed by atoms with E-state index in [1.54, 1.807) is 0 Å². The maximum Gasteiger partial charge on any atom is 0.109 e. The van der Waals surface area contributed by atoms with Crippen LogP contribution >= 0.6 is 0 Å². The summed E-state index contributed by atoms with van der Waals surface area (Å²) in [6.07, 6.45) is -2.49. The number of morpholine rings is 1. The standard InChI is InChI=1S/C11H21NO5/c13-6-9-11(15)10(14)8(7-17-9)5-12-1-3-16-4-2-12/h8-11,13-15H,1-7H2. The molecule has 0 saturated carbocycles. The summed E-state index contributed by atoms with van der Waals surface area (Å²) in [4.78, 5) is 2.20. The second-order valence-corrected chi connectivity index (χ2v) is 4.71. The summed E-state index contributed by atoms with van der Waals surface area (Å²) in [7, 11) is 0. The second-order valence-electron chi connectivity index (χ2n) is 4.71. The Kier molecular flexibility index (Phi) is 4.72. The lowest BCUT2D eigenvalue weighted by Gasteiger charge is -2.39. The summed E-state index contributed by atoms with van der Waals surface area (Å²) >= 11 is 0. The Morgan fingerprint density at radius 2 is 1.82 bits per heavy atom. The molecule has 0 radical (unpaired) electrons. The Morgan fingerprint density at radius 3 is 2.47 bits per heavy atom. The quantitative estimate of drug-likeness (QED) is 0.537. The zero-order valence-corrected chi connectivity index (χ0v) is 9.86. The summed E-state index contributed by atoms with van der Waals surface area (Å²) in [6, 6.07) is 0. The van der Waals surface area contributed by atoms with E-state index in [1.165, 1.54) is 0 Å². The molecule has 2 aliphatic rings. The molecule has 2 rings (SSSR count). The molecule has 2 aliphatic heterocycles. The van der Waals surface area contributed by atoms with Crippen molar-refractivity contribution in [3.05, 3.63) is 0 Å². The fourth-order valence-corrected chi connectivity index (χ4v) is 2.38. The van der Waals surface area contributed by atoms with Crippen molar-refractivity contribution in [1.82, 2.24) is 4.90 Å². The highest BCUT2D eigenvalue weighted by molar-refractivity contribution is 4.88. The van der Waals surface area contributed by atoms with Crippen LogP contribution in [0.2, 0.25) is 0 Å². The zero-order chi connectivity index (χ0) is 12.3. The highest BCUT2D eigenvalue weighted by Crippen LogP contribution is 2.21. The van der Waals surface area contributed by atoms with Crippen LogP contribution in [0.4, 0.5) is 0 Å². The molecule has 0 aromatic heterocycles. The summed E-state index contributed by atoms with van der Waals surface area (Å²) in [5, 5.41) is 28.7. The molecule has 2 fully saturated rings. The predicted molar refractivity (Wildman–Crippen MR) is 59.6 cm³/mol. The fourth-order valence-electron chi connectivity index (χ4n) is 2.38. The third-order valence-electron chi connectivity index (χ3n) is 3.51. The van der Waals surface area contributed by atoms with E-state index in [-0.39, 0.29) is 12.5 Å². The van der Waals surface area contributed by atoms with Gasteiger partial charge in [-0.3, -0.25) is 4.90 Å². The van der Waals surface area contributed by atoms with Crippen LogP contribution in [0.3, 0.4) is 0 Å². The van der Waals surface area contributed by atoms with Crippen molar-refractivity contribution in [1.29, 1.82) is 0 Å². The van der Waals surface area contributed by atoms with Gasteiger partial charge in [-0.2, -0.15) is 0 Å². The number of ether oxygens (including phenoxy) is 2. The molecule has 6 nitrogen and oxygen atoms in total. The van der Waals surface area contributed by atoms with Gasteiger partial charge in [-0.15, -0.1) is 0 Å². The second kappa shape index (κ2) is 6.08. The van der Waals surface area contributed by atoms with Gasteiger partial charge in [-0.1, -0.05) is 0 Å². The SMILES string of the molecule is OCC1OCC(CN2CCOCC2)C(O)C1O. The predicted octanol–water partition coefficient (Wildman–Crippen LogP) is -1.95. The van der Waals surface area contributed by atoms with Crippen LogP contribution in [0.25, 0.3) is 0 Å². The van der Waals surface area contributed by atoms with Crippen molar-refractivity contribution < 1.29 is 24.8 Å². The molecule has 0 spiro atoms. The molecule has 0 aromatic carbocycles. The van der Waals surface area contributed by atoms with Crippen LogP contribution in [-0.2, 0) is 9.47 Å². The summed E-state index contributed by atoms with van der Waals surface area (Å²) in [5.74, 6) is -0.106. The van der Waals surface area contributed by atoms with E-state index < -0.39 is 18.3 Å². The van der Waals surface area contributed by atoms with Gasteiger partial charge >= 0.3 is 0 Å². The van der Waals surface area contributed by atoms with Crippen molar-refractivity contribution >= 4 is 0 Å². The maximum atomic E-state index is 9.97. The first-order valence-electron chi connectivity index (χ1n) is 6.11. The Hall–Kier alpha value is -0.240. The highest BCUT2D eigenvalue weighted by atomic mass is 16.5. The van der Waals surface area contributed by atoms with Crippen LogP contribution in [0, 0.1) is 5.92 Å². The maximum absolute atomic E-state index is 9.97.